The van der Waals surface area contributed by atoms with Crippen molar-refractivity contribution in [2.45, 2.75) is 0 Å². The van der Waals surface area contributed by atoms with Gasteiger partial charge in [-0.1, -0.05) is 0 Å². The van der Waals surface area contributed by atoms with E-state index in [2.05, 4.69) is 0 Å². The first kappa shape index (κ1) is 10.2. The summed E-state index contributed by atoms with van der Waals surface area (Å²) in [5.74, 6) is -1.19. The van der Waals surface area contributed by atoms with Crippen LogP contribution in [0.3, 0.4) is 0 Å². The molecule has 40 valence electrons. The van der Waals surface area contributed by atoms with Crippen LogP contribution in [0.1, 0.15) is 0 Å². The van der Waals surface area contributed by atoms with Gasteiger partial charge in [-0.25, -0.2) is 4.79 Å². The van der Waals surface area contributed by atoms with Crippen LogP contribution in [0.15, 0.2) is 0 Å². The zero-order valence-electron chi connectivity index (χ0n) is 3.42. The second-order valence-electron chi connectivity index (χ2n) is 0.552. The van der Waals surface area contributed by atoms with Gasteiger partial charge in [0.25, 0.3) is 0 Å². The molecule has 0 amide bonds. The summed E-state index contributed by atoms with van der Waals surface area (Å²) in [6.07, 6.45) is 0. The van der Waals surface area contributed by atoms with Crippen molar-refractivity contribution in [2.24, 2.45) is 0 Å². The number of hydrogen-bond acceptors (Lipinski definition) is 3. The molecule has 0 unspecified atom stereocenters. The van der Waals surface area contributed by atoms with Crippen LogP contribution in [0.25, 0.3) is 0 Å². The van der Waals surface area contributed by atoms with Gasteiger partial charge in [-0.05, 0) is 0 Å². The predicted molar refractivity (Wildman–Crippen MR) is 15.4 cm³/mol. The van der Waals surface area contributed by atoms with E-state index in [1.807, 2.05) is 0 Å². The fraction of sp³-hybridized carbons (Fsp3) is 0.500. The van der Waals surface area contributed by atoms with E-state index in [9.17, 15) is 0 Å². The summed E-state index contributed by atoms with van der Waals surface area (Å²) >= 11 is 0.300. The van der Waals surface area contributed by atoms with Crippen molar-refractivity contribution in [1.29, 1.82) is 0 Å². The van der Waals surface area contributed by atoms with Gasteiger partial charge in [-0.2, -0.15) is 0 Å². The van der Waals surface area contributed by atoms with Crippen molar-refractivity contribution in [2.75, 3.05) is 6.61 Å². The van der Waals surface area contributed by atoms with Crippen LogP contribution in [0.5, 0.6) is 0 Å². The summed E-state index contributed by atoms with van der Waals surface area (Å²) in [4.78, 5) is 9.12. The number of hydrogen-bond donors (Lipinski definition) is 2. The molecular formula is C2H4O4Zr. The molecule has 0 aromatic carbocycles. The van der Waals surface area contributed by atoms with Gasteiger partial charge in [-0.15, -0.1) is 0 Å². The Morgan fingerprint density at radius 1 is 1.57 bits per heavy atom. The molecule has 5 heteroatoms. The van der Waals surface area contributed by atoms with Gasteiger partial charge < -0.3 is 10.2 Å². The van der Waals surface area contributed by atoms with Crippen molar-refractivity contribution in [3.8, 4) is 0 Å². The fourth-order valence-electron chi connectivity index (χ4n) is 0. The normalized spacial score (nSPS) is 5.71. The molecule has 0 rings (SSSR count). The van der Waals surface area contributed by atoms with Gasteiger partial charge in [0.2, 0.25) is 0 Å². The van der Waals surface area contributed by atoms with Gasteiger partial charge in [0.05, 0.1) is 0 Å². The van der Waals surface area contributed by atoms with Gasteiger partial charge in [0.1, 0.15) is 6.61 Å². The number of carboxylic acids is 1. The minimum absolute atomic E-state index is 0.300. The number of aliphatic hydroxyl groups is 1. The Kier molecular flexibility index (Phi) is 13.7. The molecule has 0 fully saturated rings. The molecule has 7 heavy (non-hydrogen) atoms. The van der Waals surface area contributed by atoms with Crippen LogP contribution in [0, 0.1) is 0 Å². The Morgan fingerprint density at radius 3 is 1.71 bits per heavy atom. The SMILES string of the molecule is O=C(O)CO.[O]=[Zr]. The number of carbonyl (C=O) groups is 1. The zero-order chi connectivity index (χ0) is 6.28. The Balaban J connectivity index is 0. The molecule has 0 spiro atoms. The average Bonchev–Trinajstić information content (AvgIpc) is 1.73. The van der Waals surface area contributed by atoms with Crippen molar-refractivity contribution >= 4 is 5.97 Å². The molecule has 0 radical (unpaired) electrons. The fourth-order valence-corrected chi connectivity index (χ4v) is 0. The molecule has 4 nitrogen and oxygen atoms in total. The van der Waals surface area contributed by atoms with Gasteiger partial charge in [-0.3, -0.25) is 0 Å². The topological polar surface area (TPSA) is 74.6 Å². The van der Waals surface area contributed by atoms with Crippen LogP contribution >= 0.6 is 0 Å². The maximum absolute atomic E-state index is 9.12. The van der Waals surface area contributed by atoms with E-state index < -0.39 is 12.6 Å². The maximum atomic E-state index is 9.12. The number of aliphatic carboxylic acids is 1. The number of rotatable bonds is 1. The van der Waals surface area contributed by atoms with E-state index in [4.69, 9.17) is 17.8 Å². The standard InChI is InChI=1S/C2H4O3.O.Zr/c3-1-2(4)5;;/h3H,1H2,(H,4,5);;. The second-order valence-corrected chi connectivity index (χ2v) is 0.552. The van der Waals surface area contributed by atoms with E-state index in [1.165, 1.54) is 0 Å². The second kappa shape index (κ2) is 9.45. The quantitative estimate of drug-likeness (QED) is 0.543. The number of carboxylic acid groups (broad SMARTS) is 1. The number of aliphatic hydroxyl groups excluding tert-OH is 1. The molecule has 0 aliphatic rings. The van der Waals surface area contributed by atoms with E-state index in [0.717, 1.165) is 0 Å². The summed E-state index contributed by atoms with van der Waals surface area (Å²) in [5, 5.41) is 15.0. The molecule has 0 aliphatic heterocycles. The summed E-state index contributed by atoms with van der Waals surface area (Å²) < 4.78 is 8.34. The first-order valence-corrected chi connectivity index (χ1v) is 2.31. The van der Waals surface area contributed by atoms with E-state index in [0.29, 0.717) is 24.7 Å². The van der Waals surface area contributed by atoms with Crippen molar-refractivity contribution in [3.05, 3.63) is 0 Å². The minimum atomic E-state index is -1.19. The first-order valence-electron chi connectivity index (χ1n) is 1.30. The van der Waals surface area contributed by atoms with Gasteiger partial charge in [0, 0.05) is 0 Å². The van der Waals surface area contributed by atoms with E-state index in [1.54, 1.807) is 0 Å². The summed E-state index contributed by atoms with van der Waals surface area (Å²) in [5.41, 5.74) is 0. The molecule has 0 aromatic rings. The third-order valence-corrected chi connectivity index (χ3v) is 0.135. The molecular weight excluding hydrogens is 179 g/mol. The van der Waals surface area contributed by atoms with Crippen LogP contribution < -0.4 is 0 Å². The molecule has 0 aromatic heterocycles. The summed E-state index contributed by atoms with van der Waals surface area (Å²) in [7, 11) is 0. The first-order chi connectivity index (χ1) is 3.27. The summed E-state index contributed by atoms with van der Waals surface area (Å²) in [6, 6.07) is 0. The average molecular weight is 183 g/mol. The van der Waals surface area contributed by atoms with Gasteiger partial charge in [0.15, 0.2) is 0 Å². The van der Waals surface area contributed by atoms with Crippen LogP contribution in [0.2, 0.25) is 0 Å². The molecule has 0 heterocycles. The molecule has 0 saturated carbocycles. The van der Waals surface area contributed by atoms with Crippen LogP contribution in [-0.4, -0.2) is 22.8 Å². The molecule has 0 bridgehead atoms. The Labute approximate surface area is 55.4 Å². The van der Waals surface area contributed by atoms with Crippen molar-refractivity contribution in [3.63, 3.8) is 0 Å². The zero-order valence-corrected chi connectivity index (χ0v) is 5.88. The summed E-state index contributed by atoms with van der Waals surface area (Å²) in [6.45, 7) is -0.778. The van der Waals surface area contributed by atoms with E-state index in [-0.39, 0.29) is 0 Å². The molecule has 0 atom stereocenters. The molecule has 0 saturated heterocycles. The third kappa shape index (κ3) is 23.2. The molecule has 2 N–H and O–H groups in total. The Hall–Kier alpha value is 0.113. The van der Waals surface area contributed by atoms with Crippen molar-refractivity contribution < 1.29 is 42.5 Å². The molecule has 0 aliphatic carbocycles. The van der Waals surface area contributed by atoms with E-state index >= 15 is 0 Å². The Morgan fingerprint density at radius 2 is 1.71 bits per heavy atom. The predicted octanol–water partition coefficient (Wildman–Crippen LogP) is -1.06. The van der Waals surface area contributed by atoms with Gasteiger partial charge >= 0.3 is 33.5 Å². The monoisotopic (exact) mass is 182 g/mol. The van der Waals surface area contributed by atoms with Crippen LogP contribution in [0.4, 0.5) is 0 Å². The van der Waals surface area contributed by atoms with Crippen LogP contribution in [-0.2, 0) is 32.3 Å². The third-order valence-electron chi connectivity index (χ3n) is 0.135. The Bertz CT molecular complexity index is 53.7. The van der Waals surface area contributed by atoms with Crippen molar-refractivity contribution in [1.82, 2.24) is 0 Å².